The summed E-state index contributed by atoms with van der Waals surface area (Å²) in [6.07, 6.45) is 6.94. The Balaban J connectivity index is 1.87. The third-order valence-corrected chi connectivity index (χ3v) is 4.78. The van der Waals surface area contributed by atoms with Gasteiger partial charge < -0.3 is 5.32 Å². The number of hydrogen-bond donors (Lipinski definition) is 1. The molecule has 1 saturated carbocycles. The van der Waals surface area contributed by atoms with E-state index in [2.05, 4.69) is 31.0 Å². The van der Waals surface area contributed by atoms with Gasteiger partial charge in [-0.25, -0.2) is 0 Å². The lowest BCUT2D eigenvalue weighted by Gasteiger charge is -2.46. The van der Waals surface area contributed by atoms with Crippen LogP contribution in [-0.4, -0.2) is 36.1 Å². The monoisotopic (exact) mass is 224 g/mol. The summed E-state index contributed by atoms with van der Waals surface area (Å²) in [6.45, 7) is 10.8. The van der Waals surface area contributed by atoms with Gasteiger partial charge in [0.15, 0.2) is 0 Å². The van der Waals surface area contributed by atoms with Crippen LogP contribution in [0.4, 0.5) is 0 Å². The molecule has 94 valence electrons. The fourth-order valence-corrected chi connectivity index (χ4v) is 2.87. The first-order chi connectivity index (χ1) is 7.69. The fraction of sp³-hybridized carbons (Fsp3) is 1.00. The Hall–Kier alpha value is -0.0800. The molecule has 2 rings (SSSR count). The Bertz CT molecular complexity index is 219. The van der Waals surface area contributed by atoms with Crippen LogP contribution in [0.15, 0.2) is 0 Å². The highest BCUT2D eigenvalue weighted by molar-refractivity contribution is 4.95. The predicted molar refractivity (Wildman–Crippen MR) is 69.7 cm³/mol. The van der Waals surface area contributed by atoms with Gasteiger partial charge in [-0.2, -0.15) is 0 Å². The Kier molecular flexibility index (Phi) is 3.91. The SMILES string of the molecule is CCC1(CC)CN(CCC2CC2)C(C)CN1. The molecule has 2 nitrogen and oxygen atoms in total. The van der Waals surface area contributed by atoms with Crippen LogP contribution in [0.1, 0.15) is 52.9 Å². The maximum atomic E-state index is 3.77. The summed E-state index contributed by atoms with van der Waals surface area (Å²) in [5.74, 6) is 1.07. The largest absolute Gasteiger partial charge is 0.308 e. The van der Waals surface area contributed by atoms with Crippen LogP contribution in [0.2, 0.25) is 0 Å². The summed E-state index contributed by atoms with van der Waals surface area (Å²) < 4.78 is 0. The molecule has 0 radical (unpaired) electrons. The summed E-state index contributed by atoms with van der Waals surface area (Å²) in [5.41, 5.74) is 0.399. The van der Waals surface area contributed by atoms with Gasteiger partial charge in [-0.3, -0.25) is 4.90 Å². The predicted octanol–water partition coefficient (Wildman–Crippen LogP) is 2.64. The van der Waals surface area contributed by atoms with E-state index in [1.165, 1.54) is 51.7 Å². The van der Waals surface area contributed by atoms with Crippen molar-refractivity contribution < 1.29 is 0 Å². The smallest absolute Gasteiger partial charge is 0.0304 e. The molecule has 1 atom stereocenters. The van der Waals surface area contributed by atoms with Gasteiger partial charge in [-0.1, -0.05) is 26.7 Å². The topological polar surface area (TPSA) is 15.3 Å². The van der Waals surface area contributed by atoms with Crippen LogP contribution in [0.3, 0.4) is 0 Å². The lowest BCUT2D eigenvalue weighted by molar-refractivity contribution is 0.0786. The second-order valence-electron chi connectivity index (χ2n) is 5.92. The van der Waals surface area contributed by atoms with Crippen LogP contribution in [-0.2, 0) is 0 Å². The van der Waals surface area contributed by atoms with Gasteiger partial charge in [0.05, 0.1) is 0 Å². The number of rotatable bonds is 5. The molecule has 0 aromatic carbocycles. The van der Waals surface area contributed by atoms with Crippen molar-refractivity contribution in [1.82, 2.24) is 10.2 Å². The standard InChI is InChI=1S/C14H28N2/c1-4-14(5-2)11-16(12(3)10-15-14)9-8-13-6-7-13/h12-13,15H,4-11H2,1-3H3. The van der Waals surface area contributed by atoms with E-state index < -0.39 is 0 Å². The Labute approximate surface area is 101 Å². The molecule has 16 heavy (non-hydrogen) atoms. The summed E-state index contributed by atoms with van der Waals surface area (Å²) in [4.78, 5) is 2.72. The van der Waals surface area contributed by atoms with Crippen molar-refractivity contribution in [3.05, 3.63) is 0 Å². The molecule has 0 spiro atoms. The molecule has 0 aromatic rings. The molecule has 1 saturated heterocycles. The van der Waals surface area contributed by atoms with Crippen molar-refractivity contribution >= 4 is 0 Å². The van der Waals surface area contributed by atoms with Gasteiger partial charge in [-0.15, -0.1) is 0 Å². The molecule has 1 N–H and O–H groups in total. The molecule has 1 aliphatic carbocycles. The molecule has 1 heterocycles. The quantitative estimate of drug-likeness (QED) is 0.772. The lowest BCUT2D eigenvalue weighted by atomic mass is 9.88. The highest BCUT2D eigenvalue weighted by Gasteiger charge is 2.35. The van der Waals surface area contributed by atoms with Crippen LogP contribution in [0, 0.1) is 5.92 Å². The van der Waals surface area contributed by atoms with Crippen molar-refractivity contribution in [1.29, 1.82) is 0 Å². The highest BCUT2D eigenvalue weighted by Crippen LogP contribution is 2.33. The van der Waals surface area contributed by atoms with E-state index in [9.17, 15) is 0 Å². The minimum absolute atomic E-state index is 0.399. The maximum absolute atomic E-state index is 3.77. The van der Waals surface area contributed by atoms with Gasteiger partial charge in [0.2, 0.25) is 0 Å². The van der Waals surface area contributed by atoms with Gasteiger partial charge in [0.1, 0.15) is 0 Å². The van der Waals surface area contributed by atoms with E-state index >= 15 is 0 Å². The molecule has 1 unspecified atom stereocenters. The van der Waals surface area contributed by atoms with Crippen molar-refractivity contribution in [3.8, 4) is 0 Å². The highest BCUT2D eigenvalue weighted by atomic mass is 15.2. The first kappa shape index (κ1) is 12.4. The molecule has 0 bridgehead atoms. The van der Waals surface area contributed by atoms with Gasteiger partial charge >= 0.3 is 0 Å². The Morgan fingerprint density at radius 3 is 2.50 bits per heavy atom. The zero-order valence-corrected chi connectivity index (χ0v) is 11.3. The van der Waals surface area contributed by atoms with E-state index in [0.29, 0.717) is 5.54 Å². The molecule has 2 heteroatoms. The summed E-state index contributed by atoms with van der Waals surface area (Å²) in [5, 5.41) is 3.77. The molecule has 0 aromatic heterocycles. The van der Waals surface area contributed by atoms with Crippen LogP contribution < -0.4 is 5.32 Å². The van der Waals surface area contributed by atoms with E-state index in [0.717, 1.165) is 12.0 Å². The Morgan fingerprint density at radius 1 is 1.25 bits per heavy atom. The summed E-state index contributed by atoms with van der Waals surface area (Å²) in [6, 6.07) is 0.727. The van der Waals surface area contributed by atoms with Crippen molar-refractivity contribution in [2.75, 3.05) is 19.6 Å². The second kappa shape index (κ2) is 5.05. The zero-order valence-electron chi connectivity index (χ0n) is 11.3. The fourth-order valence-electron chi connectivity index (χ4n) is 2.87. The number of hydrogen-bond acceptors (Lipinski definition) is 2. The lowest BCUT2D eigenvalue weighted by Crippen LogP contribution is -2.63. The molecule has 2 fully saturated rings. The van der Waals surface area contributed by atoms with Crippen LogP contribution >= 0.6 is 0 Å². The van der Waals surface area contributed by atoms with Gasteiger partial charge in [0, 0.05) is 24.7 Å². The first-order valence-corrected chi connectivity index (χ1v) is 7.18. The zero-order chi connectivity index (χ0) is 11.6. The maximum Gasteiger partial charge on any atom is 0.0304 e. The van der Waals surface area contributed by atoms with Gasteiger partial charge in [-0.05, 0) is 38.6 Å². The van der Waals surface area contributed by atoms with Gasteiger partial charge in [0.25, 0.3) is 0 Å². The second-order valence-corrected chi connectivity index (χ2v) is 5.92. The van der Waals surface area contributed by atoms with Crippen LogP contribution in [0.25, 0.3) is 0 Å². The Morgan fingerprint density at radius 2 is 1.94 bits per heavy atom. The van der Waals surface area contributed by atoms with E-state index in [1.807, 2.05) is 0 Å². The molecule has 1 aliphatic heterocycles. The average Bonchev–Trinajstić information content (AvgIpc) is 3.13. The minimum Gasteiger partial charge on any atom is -0.308 e. The summed E-state index contributed by atoms with van der Waals surface area (Å²) >= 11 is 0. The van der Waals surface area contributed by atoms with E-state index in [1.54, 1.807) is 0 Å². The number of piperazine rings is 1. The van der Waals surface area contributed by atoms with E-state index in [4.69, 9.17) is 0 Å². The third-order valence-electron chi connectivity index (χ3n) is 4.78. The van der Waals surface area contributed by atoms with Crippen molar-refractivity contribution in [2.24, 2.45) is 5.92 Å². The minimum atomic E-state index is 0.399. The third kappa shape index (κ3) is 2.78. The normalized spacial score (nSPS) is 30.6. The van der Waals surface area contributed by atoms with E-state index in [-0.39, 0.29) is 0 Å². The molecular weight excluding hydrogens is 196 g/mol. The van der Waals surface area contributed by atoms with Crippen molar-refractivity contribution in [3.63, 3.8) is 0 Å². The number of nitrogens with zero attached hydrogens (tertiary/aromatic N) is 1. The summed E-state index contributed by atoms with van der Waals surface area (Å²) in [7, 11) is 0. The molecule has 0 amide bonds. The molecule has 2 aliphatic rings. The van der Waals surface area contributed by atoms with Crippen LogP contribution in [0.5, 0.6) is 0 Å². The average molecular weight is 224 g/mol. The number of nitrogens with one attached hydrogen (secondary N) is 1. The van der Waals surface area contributed by atoms with Crippen molar-refractivity contribution in [2.45, 2.75) is 64.5 Å². The molecular formula is C14H28N2. The first-order valence-electron chi connectivity index (χ1n) is 7.18.